The number of carbonyl (C=O) groups is 1. The summed E-state index contributed by atoms with van der Waals surface area (Å²) in [7, 11) is 0. The molecule has 0 saturated carbocycles. The molecule has 1 aliphatic rings. The second kappa shape index (κ2) is 7.30. The molecule has 0 fully saturated rings. The summed E-state index contributed by atoms with van der Waals surface area (Å²) in [5.41, 5.74) is 4.51. The first-order valence-electron chi connectivity index (χ1n) is 8.88. The molecular weight excluding hydrogens is 336 g/mol. The lowest BCUT2D eigenvalue weighted by atomic mass is 10.0. The van der Waals surface area contributed by atoms with E-state index >= 15 is 0 Å². The topological polar surface area (TPSA) is 69.0 Å². The summed E-state index contributed by atoms with van der Waals surface area (Å²) in [4.78, 5) is 19.1. The monoisotopic (exact) mass is 354 g/mol. The maximum absolute atomic E-state index is 13.1. The van der Waals surface area contributed by atoms with Gasteiger partial charge in [-0.25, -0.2) is 0 Å². The van der Waals surface area contributed by atoms with Gasteiger partial charge in [-0.2, -0.15) is 5.26 Å². The number of benzene rings is 2. The number of nitrogens with one attached hydrogen (secondary N) is 1. The fourth-order valence-electron chi connectivity index (χ4n) is 3.35. The molecular formula is C22H18N4O. The molecule has 4 rings (SSSR count). The molecule has 0 saturated heterocycles. The van der Waals surface area contributed by atoms with E-state index in [1.807, 2.05) is 36.4 Å². The Labute approximate surface area is 157 Å². The number of nitriles is 1. The number of hydrogen-bond acceptors (Lipinski definition) is 4. The highest BCUT2D eigenvalue weighted by Gasteiger charge is 2.24. The van der Waals surface area contributed by atoms with Crippen molar-refractivity contribution in [2.24, 2.45) is 0 Å². The average molecular weight is 354 g/mol. The Balaban J connectivity index is 1.62. The van der Waals surface area contributed by atoms with Gasteiger partial charge in [0.25, 0.3) is 5.91 Å². The predicted molar refractivity (Wildman–Crippen MR) is 105 cm³/mol. The zero-order chi connectivity index (χ0) is 18.6. The quantitative estimate of drug-likeness (QED) is 0.762. The highest BCUT2D eigenvalue weighted by Crippen LogP contribution is 2.28. The number of amides is 1. The predicted octanol–water partition coefficient (Wildman–Crippen LogP) is 4.29. The molecule has 27 heavy (non-hydrogen) atoms. The third kappa shape index (κ3) is 3.38. The Kier molecular flexibility index (Phi) is 4.54. The van der Waals surface area contributed by atoms with Gasteiger partial charge in [-0.3, -0.25) is 9.78 Å². The van der Waals surface area contributed by atoms with Crippen LogP contribution in [-0.2, 0) is 6.42 Å². The van der Waals surface area contributed by atoms with Crippen LogP contribution in [0, 0.1) is 11.3 Å². The Morgan fingerprint density at radius 2 is 1.93 bits per heavy atom. The number of para-hydroxylation sites is 2. The minimum Gasteiger partial charge on any atom is -0.354 e. The standard InChI is InChI=1S/C22H18N4O/c23-15-17-7-1-3-9-19(17)25-18-11-12-24-20(14-18)22(27)26-13-5-8-16-6-2-4-10-21(16)26/h1-4,6-7,9-12,14H,5,8,13H2,(H,24,25). The van der Waals surface area contributed by atoms with E-state index in [4.69, 9.17) is 0 Å². The lowest BCUT2D eigenvalue weighted by Crippen LogP contribution is -2.35. The molecule has 1 aliphatic heterocycles. The van der Waals surface area contributed by atoms with Crippen LogP contribution >= 0.6 is 0 Å². The number of aromatic nitrogens is 1. The second-order valence-corrected chi connectivity index (χ2v) is 6.40. The number of hydrogen-bond donors (Lipinski definition) is 1. The van der Waals surface area contributed by atoms with Gasteiger partial charge in [-0.15, -0.1) is 0 Å². The SMILES string of the molecule is N#Cc1ccccc1Nc1ccnc(C(=O)N2CCCc3ccccc32)c1. The molecule has 3 aromatic rings. The molecule has 0 bridgehead atoms. The molecule has 1 aromatic heterocycles. The van der Waals surface area contributed by atoms with Crippen LogP contribution in [0.1, 0.15) is 28.0 Å². The van der Waals surface area contributed by atoms with Crippen LogP contribution in [0.3, 0.4) is 0 Å². The average Bonchev–Trinajstić information content (AvgIpc) is 2.73. The molecule has 2 heterocycles. The summed E-state index contributed by atoms with van der Waals surface area (Å²) in [5, 5.41) is 12.4. The fourth-order valence-corrected chi connectivity index (χ4v) is 3.35. The van der Waals surface area contributed by atoms with Crippen molar-refractivity contribution in [1.29, 1.82) is 5.26 Å². The molecule has 2 aromatic carbocycles. The smallest absolute Gasteiger partial charge is 0.276 e. The van der Waals surface area contributed by atoms with Crippen molar-refractivity contribution in [3.8, 4) is 6.07 Å². The maximum Gasteiger partial charge on any atom is 0.276 e. The van der Waals surface area contributed by atoms with Gasteiger partial charge in [0, 0.05) is 24.1 Å². The van der Waals surface area contributed by atoms with Gasteiger partial charge >= 0.3 is 0 Å². The van der Waals surface area contributed by atoms with Gasteiger partial charge in [-0.1, -0.05) is 30.3 Å². The van der Waals surface area contributed by atoms with E-state index in [-0.39, 0.29) is 5.91 Å². The summed E-state index contributed by atoms with van der Waals surface area (Å²) in [5.74, 6) is -0.112. The van der Waals surface area contributed by atoms with Gasteiger partial charge in [0.15, 0.2) is 0 Å². The molecule has 0 spiro atoms. The van der Waals surface area contributed by atoms with Crippen molar-refractivity contribution in [2.75, 3.05) is 16.8 Å². The Hall–Kier alpha value is -3.65. The number of anilines is 3. The van der Waals surface area contributed by atoms with Gasteiger partial charge in [0.1, 0.15) is 11.8 Å². The Morgan fingerprint density at radius 1 is 1.11 bits per heavy atom. The first-order valence-corrected chi connectivity index (χ1v) is 8.88. The van der Waals surface area contributed by atoms with Gasteiger partial charge in [0.05, 0.1) is 11.3 Å². The van der Waals surface area contributed by atoms with E-state index in [9.17, 15) is 10.1 Å². The van der Waals surface area contributed by atoms with Crippen LogP contribution in [0.4, 0.5) is 17.1 Å². The molecule has 1 N–H and O–H groups in total. The van der Waals surface area contributed by atoms with Crippen molar-refractivity contribution in [3.63, 3.8) is 0 Å². The van der Waals surface area contributed by atoms with Crippen molar-refractivity contribution >= 4 is 23.0 Å². The Morgan fingerprint density at radius 3 is 2.81 bits per heavy atom. The third-order valence-electron chi connectivity index (χ3n) is 4.66. The third-order valence-corrected chi connectivity index (χ3v) is 4.66. The number of aryl methyl sites for hydroxylation is 1. The number of pyridine rings is 1. The van der Waals surface area contributed by atoms with Crippen molar-refractivity contribution < 1.29 is 4.79 Å². The maximum atomic E-state index is 13.1. The zero-order valence-corrected chi connectivity index (χ0v) is 14.7. The zero-order valence-electron chi connectivity index (χ0n) is 14.7. The fraction of sp³-hybridized carbons (Fsp3) is 0.136. The van der Waals surface area contributed by atoms with Crippen LogP contribution in [0.25, 0.3) is 0 Å². The number of fused-ring (bicyclic) bond motifs is 1. The van der Waals surface area contributed by atoms with E-state index in [1.54, 1.807) is 29.3 Å². The summed E-state index contributed by atoms with van der Waals surface area (Å²) in [6, 6.07) is 21.0. The van der Waals surface area contributed by atoms with Crippen LogP contribution in [0.15, 0.2) is 66.9 Å². The molecule has 1 amide bonds. The van der Waals surface area contributed by atoms with Gasteiger partial charge in [-0.05, 0) is 48.7 Å². The number of rotatable bonds is 3. The summed E-state index contributed by atoms with van der Waals surface area (Å²) >= 11 is 0. The molecule has 0 atom stereocenters. The van der Waals surface area contributed by atoms with E-state index in [0.717, 1.165) is 24.2 Å². The van der Waals surface area contributed by atoms with E-state index in [0.29, 0.717) is 23.5 Å². The summed E-state index contributed by atoms with van der Waals surface area (Å²) < 4.78 is 0. The first kappa shape index (κ1) is 16.8. The van der Waals surface area contributed by atoms with Crippen molar-refractivity contribution in [2.45, 2.75) is 12.8 Å². The van der Waals surface area contributed by atoms with E-state index < -0.39 is 0 Å². The van der Waals surface area contributed by atoms with E-state index in [2.05, 4.69) is 22.4 Å². The Bertz CT molecular complexity index is 1040. The van der Waals surface area contributed by atoms with Crippen molar-refractivity contribution in [3.05, 3.63) is 83.7 Å². The van der Waals surface area contributed by atoms with Crippen molar-refractivity contribution in [1.82, 2.24) is 4.98 Å². The number of carbonyl (C=O) groups excluding carboxylic acids is 1. The van der Waals surface area contributed by atoms with Crippen LogP contribution in [0.5, 0.6) is 0 Å². The number of nitrogens with zero attached hydrogens (tertiary/aromatic N) is 3. The first-order chi connectivity index (χ1) is 13.3. The minimum absolute atomic E-state index is 0.112. The normalized spacial score (nSPS) is 12.8. The molecule has 132 valence electrons. The van der Waals surface area contributed by atoms with E-state index in [1.165, 1.54) is 5.56 Å². The van der Waals surface area contributed by atoms with Crippen LogP contribution < -0.4 is 10.2 Å². The molecule has 5 heteroatoms. The molecule has 0 unspecified atom stereocenters. The lowest BCUT2D eigenvalue weighted by molar-refractivity contribution is 0.0980. The summed E-state index contributed by atoms with van der Waals surface area (Å²) in [6.45, 7) is 0.687. The van der Waals surface area contributed by atoms with Gasteiger partial charge in [0.2, 0.25) is 0 Å². The molecule has 0 aliphatic carbocycles. The lowest BCUT2D eigenvalue weighted by Gasteiger charge is -2.29. The van der Waals surface area contributed by atoms with Gasteiger partial charge < -0.3 is 10.2 Å². The summed E-state index contributed by atoms with van der Waals surface area (Å²) in [6.07, 6.45) is 3.54. The molecule has 5 nitrogen and oxygen atoms in total. The highest BCUT2D eigenvalue weighted by atomic mass is 16.2. The van der Waals surface area contributed by atoms with Crippen LogP contribution in [-0.4, -0.2) is 17.4 Å². The highest BCUT2D eigenvalue weighted by molar-refractivity contribution is 6.06. The van der Waals surface area contributed by atoms with Crippen LogP contribution in [0.2, 0.25) is 0 Å². The minimum atomic E-state index is -0.112. The molecule has 0 radical (unpaired) electrons. The largest absolute Gasteiger partial charge is 0.354 e. The second-order valence-electron chi connectivity index (χ2n) is 6.40.